The first kappa shape index (κ1) is 24.8. The molecule has 2 aromatic carbocycles. The zero-order chi connectivity index (χ0) is 24.1. The number of amides is 1. The summed E-state index contributed by atoms with van der Waals surface area (Å²) in [5.41, 5.74) is 0.133. The third-order valence-electron chi connectivity index (χ3n) is 4.45. The van der Waals surface area contributed by atoms with Crippen molar-refractivity contribution in [2.75, 3.05) is 30.1 Å². The molecule has 1 atom stereocenters. The van der Waals surface area contributed by atoms with E-state index in [2.05, 4.69) is 14.8 Å². The molecule has 172 valence electrons. The number of ether oxygens (including phenoxy) is 2. The van der Waals surface area contributed by atoms with Gasteiger partial charge in [-0.05, 0) is 48.9 Å². The van der Waals surface area contributed by atoms with Crippen LogP contribution in [-0.4, -0.2) is 52.8 Å². The molecular formula is C21H23FN2O7S. The molecule has 0 bridgehead atoms. The van der Waals surface area contributed by atoms with Gasteiger partial charge in [-0.1, -0.05) is 6.92 Å². The molecule has 0 radical (unpaired) electrons. The molecule has 2 aromatic rings. The monoisotopic (exact) mass is 466 g/mol. The molecule has 0 saturated carbocycles. The Balaban J connectivity index is 2.46. The second kappa shape index (κ2) is 10.2. The Morgan fingerprint density at radius 1 is 1.00 bits per heavy atom. The predicted molar refractivity (Wildman–Crippen MR) is 116 cm³/mol. The number of methoxy groups -OCH3 is 2. The molecule has 9 nitrogen and oxygen atoms in total. The van der Waals surface area contributed by atoms with Crippen LogP contribution in [0.2, 0.25) is 0 Å². The number of halogens is 1. The number of sulfonamides is 1. The number of carbonyl (C=O) groups excluding carboxylic acids is 3. The molecular weight excluding hydrogens is 443 g/mol. The maximum Gasteiger partial charge on any atom is 0.337 e. The molecule has 1 N–H and O–H groups in total. The maximum absolute atomic E-state index is 13.3. The van der Waals surface area contributed by atoms with Gasteiger partial charge in [-0.3, -0.25) is 9.10 Å². The van der Waals surface area contributed by atoms with Crippen molar-refractivity contribution < 1.29 is 36.7 Å². The summed E-state index contributed by atoms with van der Waals surface area (Å²) in [7, 11) is -1.61. The third kappa shape index (κ3) is 5.82. The third-order valence-corrected chi connectivity index (χ3v) is 5.63. The average molecular weight is 466 g/mol. The number of nitrogens with one attached hydrogen (secondary N) is 1. The van der Waals surface area contributed by atoms with Crippen LogP contribution in [0.25, 0.3) is 0 Å². The Hall–Kier alpha value is -3.47. The average Bonchev–Trinajstić information content (AvgIpc) is 2.75. The van der Waals surface area contributed by atoms with Crippen LogP contribution < -0.4 is 9.62 Å². The van der Waals surface area contributed by atoms with Crippen molar-refractivity contribution in [3.63, 3.8) is 0 Å². The van der Waals surface area contributed by atoms with Gasteiger partial charge in [0.25, 0.3) is 0 Å². The highest BCUT2D eigenvalue weighted by atomic mass is 32.2. The minimum Gasteiger partial charge on any atom is -0.465 e. The number of benzene rings is 2. The molecule has 0 unspecified atom stereocenters. The molecule has 0 heterocycles. The van der Waals surface area contributed by atoms with Gasteiger partial charge in [-0.2, -0.15) is 0 Å². The van der Waals surface area contributed by atoms with Crippen molar-refractivity contribution in [3.8, 4) is 0 Å². The van der Waals surface area contributed by atoms with E-state index in [1.54, 1.807) is 6.92 Å². The number of anilines is 2. The van der Waals surface area contributed by atoms with Gasteiger partial charge in [-0.15, -0.1) is 0 Å². The fourth-order valence-corrected chi connectivity index (χ4v) is 4.26. The first-order chi connectivity index (χ1) is 15.0. The van der Waals surface area contributed by atoms with Gasteiger partial charge < -0.3 is 14.8 Å². The van der Waals surface area contributed by atoms with E-state index >= 15 is 0 Å². The first-order valence-corrected chi connectivity index (χ1v) is 11.2. The zero-order valence-corrected chi connectivity index (χ0v) is 18.7. The fourth-order valence-electron chi connectivity index (χ4n) is 3.05. The smallest absolute Gasteiger partial charge is 0.337 e. The van der Waals surface area contributed by atoms with Crippen molar-refractivity contribution in [2.45, 2.75) is 19.4 Å². The maximum atomic E-state index is 13.3. The summed E-state index contributed by atoms with van der Waals surface area (Å²) in [6.07, 6.45) is 1.01. The van der Waals surface area contributed by atoms with Gasteiger partial charge in [0.2, 0.25) is 15.9 Å². The lowest BCUT2D eigenvalue weighted by molar-refractivity contribution is -0.117. The Morgan fingerprint density at radius 2 is 1.50 bits per heavy atom. The second-order valence-corrected chi connectivity index (χ2v) is 8.59. The van der Waals surface area contributed by atoms with E-state index in [1.807, 2.05) is 0 Å². The van der Waals surface area contributed by atoms with Gasteiger partial charge in [0.1, 0.15) is 11.9 Å². The molecule has 0 aromatic heterocycles. The van der Waals surface area contributed by atoms with Gasteiger partial charge in [-0.25, -0.2) is 22.4 Å². The molecule has 1 amide bonds. The molecule has 2 rings (SSSR count). The highest BCUT2D eigenvalue weighted by Crippen LogP contribution is 2.24. The van der Waals surface area contributed by atoms with Crippen LogP contribution in [-0.2, 0) is 24.3 Å². The van der Waals surface area contributed by atoms with Crippen LogP contribution in [0.15, 0.2) is 42.5 Å². The summed E-state index contributed by atoms with van der Waals surface area (Å²) >= 11 is 0. The van der Waals surface area contributed by atoms with Crippen molar-refractivity contribution >= 4 is 39.2 Å². The molecule has 0 spiro atoms. The van der Waals surface area contributed by atoms with E-state index in [9.17, 15) is 27.2 Å². The van der Waals surface area contributed by atoms with E-state index in [0.29, 0.717) is 0 Å². The lowest BCUT2D eigenvalue weighted by Gasteiger charge is -2.30. The Labute approximate surface area is 185 Å². The number of hydrogen-bond acceptors (Lipinski definition) is 7. The van der Waals surface area contributed by atoms with Gasteiger partial charge in [0.05, 0.1) is 37.3 Å². The van der Waals surface area contributed by atoms with Crippen molar-refractivity contribution in [2.24, 2.45) is 0 Å². The SMILES string of the molecule is CC[C@H](C(=O)Nc1cc(C(=O)OC)cc(C(=O)OC)c1)N(c1ccc(F)cc1)S(C)(=O)=O. The van der Waals surface area contributed by atoms with Crippen LogP contribution in [0.4, 0.5) is 15.8 Å². The highest BCUT2D eigenvalue weighted by Gasteiger charge is 2.32. The minimum atomic E-state index is -3.93. The van der Waals surface area contributed by atoms with Crippen molar-refractivity contribution in [1.82, 2.24) is 0 Å². The molecule has 0 saturated heterocycles. The summed E-state index contributed by atoms with van der Waals surface area (Å²) in [4.78, 5) is 37.0. The van der Waals surface area contributed by atoms with Gasteiger partial charge >= 0.3 is 11.9 Å². The number of nitrogens with zero attached hydrogens (tertiary/aromatic N) is 1. The van der Waals surface area contributed by atoms with Crippen LogP contribution in [0.3, 0.4) is 0 Å². The molecule has 0 aliphatic heterocycles. The van der Waals surface area contributed by atoms with E-state index in [0.717, 1.165) is 36.9 Å². The van der Waals surface area contributed by atoms with E-state index in [4.69, 9.17) is 0 Å². The molecule has 11 heteroatoms. The van der Waals surface area contributed by atoms with Gasteiger partial charge in [0, 0.05) is 5.69 Å². The normalized spacial score (nSPS) is 11.9. The Bertz CT molecular complexity index is 1080. The van der Waals surface area contributed by atoms with Crippen LogP contribution in [0, 0.1) is 5.82 Å². The van der Waals surface area contributed by atoms with Crippen LogP contribution >= 0.6 is 0 Å². The topological polar surface area (TPSA) is 119 Å². The molecule has 32 heavy (non-hydrogen) atoms. The van der Waals surface area contributed by atoms with Crippen molar-refractivity contribution in [1.29, 1.82) is 0 Å². The van der Waals surface area contributed by atoms with E-state index < -0.39 is 39.7 Å². The first-order valence-electron chi connectivity index (χ1n) is 9.39. The number of esters is 2. The lowest BCUT2D eigenvalue weighted by atomic mass is 10.1. The zero-order valence-electron chi connectivity index (χ0n) is 17.9. The predicted octanol–water partition coefficient (Wildman–Crippen LogP) is 2.58. The van der Waals surface area contributed by atoms with Crippen LogP contribution in [0.1, 0.15) is 34.1 Å². The highest BCUT2D eigenvalue weighted by molar-refractivity contribution is 7.92. The number of hydrogen-bond donors (Lipinski definition) is 1. The summed E-state index contributed by atoms with van der Waals surface area (Å²) in [6.45, 7) is 1.61. The number of rotatable bonds is 8. The molecule has 0 aliphatic carbocycles. The Kier molecular flexibility index (Phi) is 7.92. The molecule has 0 aliphatic rings. The quantitative estimate of drug-likeness (QED) is 0.594. The molecule has 0 fully saturated rings. The van der Waals surface area contributed by atoms with E-state index in [1.165, 1.54) is 30.3 Å². The lowest BCUT2D eigenvalue weighted by Crippen LogP contribution is -2.47. The van der Waals surface area contributed by atoms with E-state index in [-0.39, 0.29) is 28.9 Å². The summed E-state index contributed by atoms with van der Waals surface area (Å²) in [5, 5.41) is 2.53. The van der Waals surface area contributed by atoms with Crippen LogP contribution in [0.5, 0.6) is 0 Å². The Morgan fingerprint density at radius 3 is 1.91 bits per heavy atom. The minimum absolute atomic E-state index is 0.0164. The summed E-state index contributed by atoms with van der Waals surface area (Å²) < 4.78 is 48.5. The summed E-state index contributed by atoms with van der Waals surface area (Å²) in [5.74, 6) is -2.78. The van der Waals surface area contributed by atoms with Gasteiger partial charge in [0.15, 0.2) is 0 Å². The largest absolute Gasteiger partial charge is 0.465 e. The number of carbonyl (C=O) groups is 3. The fraction of sp³-hybridized carbons (Fsp3) is 0.286. The summed E-state index contributed by atoms with van der Waals surface area (Å²) in [6, 6.07) is 7.28. The standard InChI is InChI=1S/C21H23FN2O7S/c1-5-18(24(32(4,28)29)17-8-6-15(22)7-9-17)19(25)23-16-11-13(20(26)30-2)10-14(12-16)21(27)31-3/h6-12,18H,5H2,1-4H3,(H,23,25)/t18-/m1/s1. The van der Waals surface area contributed by atoms with Crippen molar-refractivity contribution in [3.05, 3.63) is 59.4 Å². The second-order valence-electron chi connectivity index (χ2n) is 6.73.